The molecule has 1 heterocycles. The minimum absolute atomic E-state index is 0.0306. The van der Waals surface area contributed by atoms with Gasteiger partial charge in [-0.15, -0.1) is 0 Å². The molecular formula is C26H39NO4. The Bertz CT molecular complexity index is 831. The number of fused-ring (bicyclic) bond motifs is 3. The fourth-order valence-corrected chi connectivity index (χ4v) is 7.89. The van der Waals surface area contributed by atoms with Gasteiger partial charge in [-0.3, -0.25) is 14.4 Å². The number of rotatable bonds is 2. The number of likely N-dealkylation sites (N-methyl/N-ethyl adjacent to an activating group) is 1. The highest BCUT2D eigenvalue weighted by Crippen LogP contribution is 2.60. The number of ketones is 2. The van der Waals surface area contributed by atoms with Gasteiger partial charge in [-0.25, -0.2) is 0 Å². The summed E-state index contributed by atoms with van der Waals surface area (Å²) in [7, 11) is 1.65. The van der Waals surface area contributed by atoms with E-state index in [0.29, 0.717) is 11.8 Å². The Hall–Kier alpha value is -1.49. The molecule has 0 radical (unpaired) electrons. The Labute approximate surface area is 186 Å². The number of hydrogen-bond donors (Lipinski definition) is 1. The number of aliphatic hydroxyl groups is 1. The van der Waals surface area contributed by atoms with Crippen LogP contribution in [-0.4, -0.2) is 46.2 Å². The van der Waals surface area contributed by atoms with Crippen LogP contribution >= 0.6 is 0 Å². The van der Waals surface area contributed by atoms with Crippen LogP contribution in [0.25, 0.3) is 0 Å². The molecule has 0 aromatic carbocycles. The molecule has 3 unspecified atom stereocenters. The molecule has 4 aliphatic rings. The maximum atomic E-state index is 14.4. The molecule has 4 rings (SSSR count). The average Bonchev–Trinajstić information content (AvgIpc) is 2.90. The van der Waals surface area contributed by atoms with Crippen molar-refractivity contribution in [3.05, 3.63) is 12.2 Å². The van der Waals surface area contributed by atoms with Crippen LogP contribution in [0.4, 0.5) is 0 Å². The van der Waals surface area contributed by atoms with Gasteiger partial charge in [0.2, 0.25) is 5.91 Å². The summed E-state index contributed by atoms with van der Waals surface area (Å²) >= 11 is 0. The number of amides is 1. The van der Waals surface area contributed by atoms with Crippen molar-refractivity contribution in [2.45, 2.75) is 72.4 Å². The summed E-state index contributed by atoms with van der Waals surface area (Å²) < 4.78 is 0. The maximum absolute atomic E-state index is 14.4. The third kappa shape index (κ3) is 2.74. The lowest BCUT2D eigenvalue weighted by Gasteiger charge is -2.57. The lowest BCUT2D eigenvalue weighted by molar-refractivity contribution is -0.186. The molecule has 1 amide bonds. The zero-order valence-corrected chi connectivity index (χ0v) is 20.1. The van der Waals surface area contributed by atoms with Gasteiger partial charge >= 0.3 is 0 Å². The molecular weight excluding hydrogens is 390 g/mol. The van der Waals surface area contributed by atoms with Crippen LogP contribution in [-0.2, 0) is 14.4 Å². The van der Waals surface area contributed by atoms with E-state index in [4.69, 9.17) is 0 Å². The van der Waals surface area contributed by atoms with Crippen molar-refractivity contribution >= 4 is 17.5 Å². The highest BCUT2D eigenvalue weighted by Gasteiger charge is 2.74. The molecule has 31 heavy (non-hydrogen) atoms. The predicted octanol–water partition coefficient (Wildman–Crippen LogP) is 3.50. The highest BCUT2D eigenvalue weighted by atomic mass is 16.3. The quantitative estimate of drug-likeness (QED) is 0.539. The molecule has 1 saturated heterocycles. The molecule has 5 nitrogen and oxygen atoms in total. The van der Waals surface area contributed by atoms with E-state index in [0.717, 1.165) is 19.3 Å². The van der Waals surface area contributed by atoms with E-state index in [1.807, 2.05) is 19.9 Å². The van der Waals surface area contributed by atoms with Crippen molar-refractivity contribution in [1.29, 1.82) is 0 Å². The zero-order chi connectivity index (χ0) is 23.0. The van der Waals surface area contributed by atoms with Crippen molar-refractivity contribution < 1.29 is 19.5 Å². The van der Waals surface area contributed by atoms with Gasteiger partial charge in [-0.1, -0.05) is 53.2 Å². The predicted molar refractivity (Wildman–Crippen MR) is 119 cm³/mol. The fourth-order valence-electron chi connectivity index (χ4n) is 7.89. The van der Waals surface area contributed by atoms with Crippen LogP contribution in [0.15, 0.2) is 12.2 Å². The molecule has 3 aliphatic carbocycles. The van der Waals surface area contributed by atoms with Crippen molar-refractivity contribution in [2.75, 3.05) is 7.05 Å². The van der Waals surface area contributed by atoms with E-state index < -0.39 is 34.8 Å². The minimum Gasteiger partial charge on any atom is -0.389 e. The first-order valence-electron chi connectivity index (χ1n) is 12.2. The van der Waals surface area contributed by atoms with E-state index in [1.165, 1.54) is 4.90 Å². The smallest absolute Gasteiger partial charge is 0.244 e. The third-order valence-corrected chi connectivity index (χ3v) is 9.77. The molecule has 5 heteroatoms. The summed E-state index contributed by atoms with van der Waals surface area (Å²) in [5.74, 6) is -1.30. The largest absolute Gasteiger partial charge is 0.389 e. The Kier molecular flexibility index (Phi) is 5.32. The number of allylic oxidation sites excluding steroid dienone is 1. The Balaban J connectivity index is 1.88. The molecule has 0 bridgehead atoms. The number of hydrogen-bond acceptors (Lipinski definition) is 4. The first-order valence-corrected chi connectivity index (χ1v) is 12.2. The number of nitrogens with zero attached hydrogens (tertiary/aromatic N) is 1. The number of likely N-dealkylation sites (tertiary alicyclic amines) is 1. The van der Waals surface area contributed by atoms with Crippen LogP contribution in [0, 0.1) is 52.8 Å². The standard InChI is InChI=1S/C26H39NO4/c1-8-14(3)21-23(29)26(24(30)27(21)7)16(5)25(6,31)18-10-9-17-12-13(2)11-15(4)19(17)20(18)22(26)28/h9-10,13-21,31H,8,11-12H2,1-7H3/t13-,14?,15+,16+,17-,18-,19+,20+,21?,25+,26?/m0/s1. The van der Waals surface area contributed by atoms with Gasteiger partial charge in [0.15, 0.2) is 17.0 Å². The summed E-state index contributed by atoms with van der Waals surface area (Å²) in [5, 5.41) is 11.8. The SMILES string of the molecule is CCC(C)C1C(=O)C2(C(=O)[C@H]3[C@@H]4[C@H](C)C[C@H](C)C[C@@H]4C=C[C@@H]3[C@](C)(O)[C@H]2C)C(=O)N1C. The zero-order valence-electron chi connectivity index (χ0n) is 20.1. The van der Waals surface area contributed by atoms with Crippen LogP contribution in [0.1, 0.15) is 60.8 Å². The normalized spacial score (nSPS) is 50.6. The second-order valence-corrected chi connectivity index (χ2v) is 11.5. The van der Waals surface area contributed by atoms with Crippen molar-refractivity contribution in [3.63, 3.8) is 0 Å². The van der Waals surface area contributed by atoms with Gasteiger partial charge in [0.1, 0.15) is 0 Å². The number of carbonyl (C=O) groups is 3. The summed E-state index contributed by atoms with van der Waals surface area (Å²) in [4.78, 5) is 43.6. The molecule has 3 fully saturated rings. The van der Waals surface area contributed by atoms with Crippen LogP contribution in [0.3, 0.4) is 0 Å². The van der Waals surface area contributed by atoms with Crippen LogP contribution < -0.4 is 0 Å². The lowest BCUT2D eigenvalue weighted by Crippen LogP contribution is -2.68. The molecule has 1 N–H and O–H groups in total. The van der Waals surface area contributed by atoms with Crippen molar-refractivity contribution in [1.82, 2.24) is 4.90 Å². The molecule has 0 aromatic rings. The molecule has 0 aromatic heterocycles. The van der Waals surface area contributed by atoms with E-state index in [2.05, 4.69) is 19.9 Å². The second kappa shape index (κ2) is 7.26. The van der Waals surface area contributed by atoms with E-state index >= 15 is 0 Å². The first-order chi connectivity index (χ1) is 14.4. The van der Waals surface area contributed by atoms with Crippen LogP contribution in [0.2, 0.25) is 0 Å². The number of carbonyl (C=O) groups excluding carboxylic acids is 3. The van der Waals surface area contributed by atoms with Gasteiger partial charge in [-0.2, -0.15) is 0 Å². The Morgan fingerprint density at radius 1 is 1.13 bits per heavy atom. The molecule has 1 spiro atoms. The van der Waals surface area contributed by atoms with Crippen molar-refractivity contribution in [3.8, 4) is 0 Å². The first kappa shape index (κ1) is 22.7. The molecule has 11 atom stereocenters. The monoisotopic (exact) mass is 429 g/mol. The molecule has 2 saturated carbocycles. The topological polar surface area (TPSA) is 74.7 Å². The lowest BCUT2D eigenvalue weighted by atomic mass is 9.45. The Morgan fingerprint density at radius 2 is 1.77 bits per heavy atom. The summed E-state index contributed by atoms with van der Waals surface area (Å²) in [6, 6.07) is -0.602. The summed E-state index contributed by atoms with van der Waals surface area (Å²) in [6.07, 6.45) is 7.03. The van der Waals surface area contributed by atoms with Gasteiger partial charge in [0.25, 0.3) is 0 Å². The van der Waals surface area contributed by atoms with Gasteiger partial charge in [-0.05, 0) is 49.4 Å². The van der Waals surface area contributed by atoms with E-state index in [-0.39, 0.29) is 35.2 Å². The van der Waals surface area contributed by atoms with Crippen molar-refractivity contribution in [2.24, 2.45) is 52.8 Å². The minimum atomic E-state index is -1.76. The van der Waals surface area contributed by atoms with E-state index in [1.54, 1.807) is 20.9 Å². The second-order valence-electron chi connectivity index (χ2n) is 11.5. The molecule has 172 valence electrons. The Morgan fingerprint density at radius 3 is 2.39 bits per heavy atom. The van der Waals surface area contributed by atoms with E-state index in [9.17, 15) is 19.5 Å². The van der Waals surface area contributed by atoms with Gasteiger partial charge < -0.3 is 10.0 Å². The van der Waals surface area contributed by atoms with Gasteiger partial charge in [0, 0.05) is 24.8 Å². The van der Waals surface area contributed by atoms with Crippen LogP contribution in [0.5, 0.6) is 0 Å². The average molecular weight is 430 g/mol. The maximum Gasteiger partial charge on any atom is 0.244 e. The summed E-state index contributed by atoms with van der Waals surface area (Å²) in [6.45, 7) is 11.9. The highest BCUT2D eigenvalue weighted by molar-refractivity contribution is 6.30. The number of Topliss-reactive ketones (excluding diaryl/α,β-unsaturated/α-hetero) is 2. The summed E-state index contributed by atoms with van der Waals surface area (Å²) in [5.41, 5.74) is -3.06. The fraction of sp³-hybridized carbons (Fsp3) is 0.808. The van der Waals surface area contributed by atoms with Gasteiger partial charge in [0.05, 0.1) is 11.6 Å². The third-order valence-electron chi connectivity index (χ3n) is 9.77. The molecule has 1 aliphatic heterocycles.